The van der Waals surface area contributed by atoms with Crippen molar-refractivity contribution in [3.05, 3.63) is 29.4 Å². The molecule has 1 fully saturated rings. The van der Waals surface area contributed by atoms with E-state index in [2.05, 4.69) is 16.9 Å². The summed E-state index contributed by atoms with van der Waals surface area (Å²) in [6.45, 7) is 1.61. The van der Waals surface area contributed by atoms with Crippen LogP contribution in [0, 0.1) is 11.7 Å². The predicted octanol–water partition coefficient (Wildman–Crippen LogP) is 0.906. The van der Waals surface area contributed by atoms with Crippen LogP contribution in [0.15, 0.2) is 17.9 Å². The van der Waals surface area contributed by atoms with Gasteiger partial charge in [-0.3, -0.25) is 0 Å². The SMILES string of the molecule is CC1CSC=C1c1ncnc2c1c(F)cn2[C@@H]1O[C@H](CO)[C@@H](O)[C@H]1O. The molecule has 7 nitrogen and oxygen atoms in total. The van der Waals surface area contributed by atoms with E-state index in [1.165, 1.54) is 17.1 Å². The lowest BCUT2D eigenvalue weighted by atomic mass is 10.00. The molecule has 1 unspecified atom stereocenters. The number of rotatable bonds is 3. The van der Waals surface area contributed by atoms with Gasteiger partial charge in [0.05, 0.1) is 17.7 Å². The molecule has 9 heteroatoms. The van der Waals surface area contributed by atoms with Gasteiger partial charge >= 0.3 is 0 Å². The first-order chi connectivity index (χ1) is 12.0. The molecule has 2 aliphatic heterocycles. The molecule has 25 heavy (non-hydrogen) atoms. The highest BCUT2D eigenvalue weighted by Gasteiger charge is 2.44. The second-order valence-corrected chi connectivity index (χ2v) is 7.24. The van der Waals surface area contributed by atoms with Gasteiger partial charge < -0.3 is 24.6 Å². The molecule has 0 amide bonds. The van der Waals surface area contributed by atoms with Crippen LogP contribution in [0.2, 0.25) is 0 Å². The fourth-order valence-electron chi connectivity index (χ4n) is 3.34. The zero-order chi connectivity index (χ0) is 17.7. The smallest absolute Gasteiger partial charge is 0.164 e. The Kier molecular flexibility index (Phi) is 4.28. The molecule has 5 atom stereocenters. The lowest BCUT2D eigenvalue weighted by Crippen LogP contribution is -2.33. The second-order valence-electron chi connectivity index (χ2n) is 6.34. The molecule has 2 aromatic rings. The van der Waals surface area contributed by atoms with E-state index in [9.17, 15) is 19.7 Å². The average molecular weight is 367 g/mol. The third-order valence-electron chi connectivity index (χ3n) is 4.72. The van der Waals surface area contributed by atoms with E-state index in [1.54, 1.807) is 11.8 Å². The number of aromatic nitrogens is 3. The Labute approximate surface area is 147 Å². The van der Waals surface area contributed by atoms with E-state index >= 15 is 0 Å². The van der Waals surface area contributed by atoms with Crippen molar-refractivity contribution in [1.82, 2.24) is 14.5 Å². The Bertz CT molecular complexity index is 842. The zero-order valence-corrected chi connectivity index (χ0v) is 14.2. The maximum Gasteiger partial charge on any atom is 0.164 e. The van der Waals surface area contributed by atoms with Gasteiger partial charge in [-0.1, -0.05) is 6.92 Å². The van der Waals surface area contributed by atoms with Crippen molar-refractivity contribution >= 4 is 28.4 Å². The number of hydrogen-bond acceptors (Lipinski definition) is 7. The molecule has 0 spiro atoms. The summed E-state index contributed by atoms with van der Waals surface area (Å²) in [5.41, 5.74) is 1.77. The van der Waals surface area contributed by atoms with Gasteiger partial charge in [-0.25, -0.2) is 14.4 Å². The normalized spacial score (nSPS) is 32.5. The first kappa shape index (κ1) is 16.9. The van der Waals surface area contributed by atoms with Crippen LogP contribution in [0.5, 0.6) is 0 Å². The molecule has 134 valence electrons. The van der Waals surface area contributed by atoms with E-state index in [-0.39, 0.29) is 17.0 Å². The molecular formula is C16H18FN3O4S. The predicted molar refractivity (Wildman–Crippen MR) is 90.1 cm³/mol. The second kappa shape index (κ2) is 6.33. The lowest BCUT2D eigenvalue weighted by Gasteiger charge is -2.17. The fraction of sp³-hybridized carbons (Fsp3) is 0.500. The third-order valence-corrected chi connectivity index (χ3v) is 5.83. The van der Waals surface area contributed by atoms with Crippen molar-refractivity contribution in [2.24, 2.45) is 5.92 Å². The van der Waals surface area contributed by atoms with Crippen LogP contribution in [-0.2, 0) is 4.74 Å². The number of thioether (sulfide) groups is 1. The van der Waals surface area contributed by atoms with Crippen LogP contribution in [0.1, 0.15) is 18.8 Å². The molecule has 0 bridgehead atoms. The summed E-state index contributed by atoms with van der Waals surface area (Å²) >= 11 is 1.66. The molecule has 1 saturated heterocycles. The minimum Gasteiger partial charge on any atom is -0.394 e. The summed E-state index contributed by atoms with van der Waals surface area (Å²) < 4.78 is 21.6. The molecule has 0 aliphatic carbocycles. The van der Waals surface area contributed by atoms with Gasteiger partial charge in [0.2, 0.25) is 0 Å². The fourth-order valence-corrected chi connectivity index (χ4v) is 4.43. The minimum absolute atomic E-state index is 0.250. The van der Waals surface area contributed by atoms with Gasteiger partial charge in [0, 0.05) is 11.9 Å². The lowest BCUT2D eigenvalue weighted by molar-refractivity contribution is -0.0510. The van der Waals surface area contributed by atoms with Gasteiger partial charge in [0.1, 0.15) is 30.3 Å². The Morgan fingerprint density at radius 3 is 2.80 bits per heavy atom. The highest BCUT2D eigenvalue weighted by molar-refractivity contribution is 8.02. The summed E-state index contributed by atoms with van der Waals surface area (Å²) in [7, 11) is 0. The van der Waals surface area contributed by atoms with Crippen molar-refractivity contribution < 1.29 is 24.4 Å². The third kappa shape index (κ3) is 2.58. The molecule has 0 radical (unpaired) electrons. The van der Waals surface area contributed by atoms with E-state index in [0.29, 0.717) is 5.69 Å². The first-order valence-corrected chi connectivity index (χ1v) is 9.03. The quantitative estimate of drug-likeness (QED) is 0.741. The Morgan fingerprint density at radius 1 is 1.36 bits per heavy atom. The van der Waals surface area contributed by atoms with Crippen LogP contribution in [0.25, 0.3) is 16.6 Å². The summed E-state index contributed by atoms with van der Waals surface area (Å²) in [6.07, 6.45) is -1.99. The highest BCUT2D eigenvalue weighted by Crippen LogP contribution is 2.39. The van der Waals surface area contributed by atoms with E-state index in [1.807, 2.05) is 5.41 Å². The van der Waals surface area contributed by atoms with Crippen LogP contribution in [0.4, 0.5) is 4.39 Å². The number of aliphatic hydroxyl groups excluding tert-OH is 3. The van der Waals surface area contributed by atoms with Gasteiger partial charge in [0.25, 0.3) is 0 Å². The Morgan fingerprint density at radius 2 is 2.16 bits per heavy atom. The Balaban J connectivity index is 1.83. The van der Waals surface area contributed by atoms with E-state index in [0.717, 1.165) is 11.3 Å². The first-order valence-electron chi connectivity index (χ1n) is 7.98. The van der Waals surface area contributed by atoms with Gasteiger partial charge in [-0.2, -0.15) is 0 Å². The number of ether oxygens (including phenoxy) is 1. The number of allylic oxidation sites excluding steroid dienone is 1. The summed E-state index contributed by atoms with van der Waals surface area (Å²) in [6, 6.07) is 0. The van der Waals surface area contributed by atoms with Crippen LogP contribution in [0.3, 0.4) is 0 Å². The number of nitrogens with zero attached hydrogens (tertiary/aromatic N) is 3. The van der Waals surface area contributed by atoms with Gasteiger partial charge in [-0.05, 0) is 16.9 Å². The number of halogens is 1. The van der Waals surface area contributed by atoms with Crippen LogP contribution in [-0.4, -0.2) is 60.5 Å². The monoisotopic (exact) mass is 367 g/mol. The van der Waals surface area contributed by atoms with Gasteiger partial charge in [-0.15, -0.1) is 11.8 Å². The van der Waals surface area contributed by atoms with Crippen molar-refractivity contribution in [1.29, 1.82) is 0 Å². The highest BCUT2D eigenvalue weighted by atomic mass is 32.2. The van der Waals surface area contributed by atoms with Crippen LogP contribution >= 0.6 is 11.8 Å². The summed E-state index contributed by atoms with van der Waals surface area (Å²) in [5.74, 6) is 0.644. The maximum absolute atomic E-state index is 14.7. The Hall–Kier alpha value is -1.52. The van der Waals surface area contributed by atoms with Crippen molar-refractivity contribution in [2.75, 3.05) is 12.4 Å². The molecule has 4 rings (SSSR count). The standard InChI is InChI=1S/C16H18FN3O4S/c1-7-4-25-5-8(7)12-11-9(17)2-20(15(11)19-6-18-12)16-14(23)13(22)10(3-21)24-16/h2,5-7,10,13-14,16,21-23H,3-4H2,1H3/t7?,10-,13-,14-,16-/m1/s1. The number of hydrogen-bond donors (Lipinski definition) is 3. The van der Waals surface area contributed by atoms with E-state index < -0.39 is 37.0 Å². The number of aliphatic hydroxyl groups is 3. The minimum atomic E-state index is -1.30. The molecule has 4 heterocycles. The average Bonchev–Trinajstić information content (AvgIpc) is 3.26. The van der Waals surface area contributed by atoms with Crippen molar-refractivity contribution in [3.8, 4) is 0 Å². The maximum atomic E-state index is 14.7. The van der Waals surface area contributed by atoms with Crippen molar-refractivity contribution in [3.63, 3.8) is 0 Å². The molecule has 2 aliphatic rings. The largest absolute Gasteiger partial charge is 0.394 e. The molecule has 0 saturated carbocycles. The van der Waals surface area contributed by atoms with Crippen LogP contribution < -0.4 is 0 Å². The zero-order valence-electron chi connectivity index (χ0n) is 13.4. The van der Waals surface area contributed by atoms with E-state index in [4.69, 9.17) is 4.74 Å². The topological polar surface area (TPSA) is 101 Å². The molecular weight excluding hydrogens is 349 g/mol. The number of fused-ring (bicyclic) bond motifs is 1. The molecule has 0 aromatic carbocycles. The van der Waals surface area contributed by atoms with Gasteiger partial charge in [0.15, 0.2) is 12.0 Å². The molecule has 2 aromatic heterocycles. The summed E-state index contributed by atoms with van der Waals surface area (Å²) in [5, 5.41) is 31.6. The van der Waals surface area contributed by atoms with Crippen molar-refractivity contribution in [2.45, 2.75) is 31.5 Å². The molecule has 3 N–H and O–H groups in total. The summed E-state index contributed by atoms with van der Waals surface area (Å²) in [4.78, 5) is 8.42.